The van der Waals surface area contributed by atoms with Crippen molar-refractivity contribution >= 4 is 33.8 Å². The average Bonchev–Trinajstić information content (AvgIpc) is 2.58. The molecule has 6 nitrogen and oxygen atoms in total. The van der Waals surface area contributed by atoms with Crippen LogP contribution in [0.25, 0.3) is 0 Å². The zero-order valence-corrected chi connectivity index (χ0v) is 14.0. The zero-order valence-electron chi connectivity index (χ0n) is 12.4. The molecule has 7 heteroatoms. The van der Waals surface area contributed by atoms with Gasteiger partial charge in [-0.1, -0.05) is 15.9 Å². The molecule has 4 rings (SSSR count). The highest BCUT2D eigenvalue weighted by molar-refractivity contribution is 9.10. The summed E-state index contributed by atoms with van der Waals surface area (Å²) in [5.41, 5.74) is -0.633. The van der Waals surface area contributed by atoms with Crippen LogP contribution in [0.5, 0.6) is 0 Å². The van der Waals surface area contributed by atoms with E-state index in [1.807, 2.05) is 0 Å². The Morgan fingerprint density at radius 1 is 1.36 bits per heavy atom. The smallest absolute Gasteiger partial charge is 0.344 e. The fourth-order valence-electron chi connectivity index (χ4n) is 4.01. The Hall–Kier alpha value is -1.11. The van der Waals surface area contributed by atoms with Crippen molar-refractivity contribution in [1.82, 2.24) is 0 Å². The van der Waals surface area contributed by atoms with Crippen molar-refractivity contribution in [1.29, 1.82) is 0 Å². The number of carbonyl (C=O) groups excluding carboxylic acids is 3. The third-order valence-electron chi connectivity index (χ3n) is 4.70. The summed E-state index contributed by atoms with van der Waals surface area (Å²) in [4.78, 5) is 34.9. The summed E-state index contributed by atoms with van der Waals surface area (Å²) in [6, 6.07) is 0. The first-order chi connectivity index (χ1) is 10.4. The third-order valence-corrected chi connectivity index (χ3v) is 5.07. The van der Waals surface area contributed by atoms with Crippen molar-refractivity contribution in [2.45, 2.75) is 55.6 Å². The topological polar surface area (TPSA) is 78.9 Å². The van der Waals surface area contributed by atoms with Gasteiger partial charge in [-0.3, -0.25) is 9.59 Å². The van der Waals surface area contributed by atoms with Gasteiger partial charge in [-0.2, -0.15) is 0 Å². The van der Waals surface area contributed by atoms with Crippen LogP contribution in [-0.4, -0.2) is 41.0 Å². The molecule has 2 heterocycles. The number of rotatable bonds is 4. The van der Waals surface area contributed by atoms with Gasteiger partial charge in [0.25, 0.3) is 0 Å². The van der Waals surface area contributed by atoms with E-state index in [1.165, 1.54) is 0 Å². The summed E-state index contributed by atoms with van der Waals surface area (Å²) in [7, 11) is 0. The standard InChI is InChI=1S/C15H19BrO6/c1-8(16)13(18)20-7-12(17)22-15-4-9-2-10(5-15)14(19)21-11(3-9)6-15/h8-11H,2-7H2,1H3. The first-order valence-electron chi connectivity index (χ1n) is 7.60. The van der Waals surface area contributed by atoms with Crippen LogP contribution in [0.4, 0.5) is 0 Å². The normalized spacial score (nSPS) is 37.2. The first kappa shape index (κ1) is 15.8. The molecule has 0 aromatic carbocycles. The lowest BCUT2D eigenvalue weighted by Gasteiger charge is -2.45. The summed E-state index contributed by atoms with van der Waals surface area (Å²) in [6.45, 7) is 1.23. The van der Waals surface area contributed by atoms with Crippen LogP contribution in [0.1, 0.15) is 39.0 Å². The van der Waals surface area contributed by atoms with Crippen LogP contribution in [-0.2, 0) is 28.6 Å². The van der Waals surface area contributed by atoms with Gasteiger partial charge in [-0.15, -0.1) is 0 Å². The van der Waals surface area contributed by atoms with E-state index >= 15 is 0 Å². The van der Waals surface area contributed by atoms with Gasteiger partial charge in [0.15, 0.2) is 6.61 Å². The summed E-state index contributed by atoms with van der Waals surface area (Å²) < 4.78 is 16.0. The number of esters is 3. The fourth-order valence-corrected chi connectivity index (χ4v) is 4.15. The molecule has 0 amide bonds. The number of alkyl halides is 1. The highest BCUT2D eigenvalue weighted by Gasteiger charge is 2.54. The second kappa shape index (κ2) is 5.83. The Bertz CT molecular complexity index is 504. The largest absolute Gasteiger partial charge is 0.462 e. The van der Waals surface area contributed by atoms with Crippen LogP contribution in [0.2, 0.25) is 0 Å². The van der Waals surface area contributed by atoms with E-state index in [4.69, 9.17) is 14.2 Å². The lowest BCUT2D eigenvalue weighted by Crippen LogP contribution is -2.48. The molecule has 122 valence electrons. The summed E-state index contributed by atoms with van der Waals surface area (Å²) in [6.07, 6.45) is 3.37. The maximum absolute atomic E-state index is 12.0. The quantitative estimate of drug-likeness (QED) is 0.423. The average molecular weight is 375 g/mol. The van der Waals surface area contributed by atoms with Gasteiger partial charge in [0.2, 0.25) is 0 Å². The van der Waals surface area contributed by atoms with Gasteiger partial charge in [0.1, 0.15) is 16.5 Å². The Labute approximate surface area is 137 Å². The van der Waals surface area contributed by atoms with Crippen molar-refractivity contribution in [3.63, 3.8) is 0 Å². The van der Waals surface area contributed by atoms with Gasteiger partial charge in [-0.25, -0.2) is 4.79 Å². The molecule has 0 radical (unpaired) electrons. The van der Waals surface area contributed by atoms with Gasteiger partial charge in [0.05, 0.1) is 5.92 Å². The van der Waals surface area contributed by atoms with Crippen molar-refractivity contribution in [3.05, 3.63) is 0 Å². The van der Waals surface area contributed by atoms with Crippen LogP contribution < -0.4 is 0 Å². The maximum atomic E-state index is 12.0. The molecule has 5 atom stereocenters. The minimum Gasteiger partial charge on any atom is -0.462 e. The zero-order chi connectivity index (χ0) is 15.9. The number of halogens is 1. The van der Waals surface area contributed by atoms with E-state index in [1.54, 1.807) is 6.92 Å². The molecule has 0 aromatic rings. The molecule has 2 aliphatic carbocycles. The summed E-state index contributed by atoms with van der Waals surface area (Å²) in [5, 5.41) is 0. The molecule has 2 saturated heterocycles. The number of carbonyl (C=O) groups is 3. The fraction of sp³-hybridized carbons (Fsp3) is 0.800. The Morgan fingerprint density at radius 2 is 2.14 bits per heavy atom. The second-order valence-electron chi connectivity index (χ2n) is 6.59. The maximum Gasteiger partial charge on any atom is 0.344 e. The molecule has 4 aliphatic rings. The van der Waals surface area contributed by atoms with Crippen LogP contribution >= 0.6 is 15.9 Å². The Kier molecular flexibility index (Phi) is 4.18. The Balaban J connectivity index is 1.63. The van der Waals surface area contributed by atoms with Crippen LogP contribution in [0.3, 0.4) is 0 Å². The van der Waals surface area contributed by atoms with Gasteiger partial charge >= 0.3 is 17.9 Å². The predicted octanol–water partition coefficient (Wildman–Crippen LogP) is 1.73. The summed E-state index contributed by atoms with van der Waals surface area (Å²) in [5.74, 6) is -1.04. The minimum atomic E-state index is -0.633. The molecule has 22 heavy (non-hydrogen) atoms. The van der Waals surface area contributed by atoms with E-state index in [2.05, 4.69) is 15.9 Å². The van der Waals surface area contributed by atoms with E-state index in [9.17, 15) is 14.4 Å². The molecular weight excluding hydrogens is 356 g/mol. The van der Waals surface area contributed by atoms with Crippen molar-refractivity contribution in [2.75, 3.05) is 6.61 Å². The number of ether oxygens (including phenoxy) is 3. The molecule has 2 saturated carbocycles. The molecular formula is C15H19BrO6. The molecule has 4 bridgehead atoms. The van der Waals surface area contributed by atoms with Crippen LogP contribution in [0, 0.1) is 11.8 Å². The minimum absolute atomic E-state index is 0.156. The summed E-state index contributed by atoms with van der Waals surface area (Å²) >= 11 is 3.08. The van der Waals surface area contributed by atoms with E-state index in [-0.39, 0.29) is 18.0 Å². The second-order valence-corrected chi connectivity index (χ2v) is 7.96. The van der Waals surface area contributed by atoms with Crippen molar-refractivity contribution < 1.29 is 28.6 Å². The molecule has 0 spiro atoms. The lowest BCUT2D eigenvalue weighted by molar-refractivity contribution is -0.181. The molecule has 0 N–H and O–H groups in total. The first-order valence-corrected chi connectivity index (χ1v) is 8.51. The molecule has 2 aliphatic heterocycles. The SMILES string of the molecule is CC(Br)C(=O)OCC(=O)OC12CC3CC(C1)OC(=O)C(C3)C2. The van der Waals surface area contributed by atoms with Crippen molar-refractivity contribution in [3.8, 4) is 0 Å². The van der Waals surface area contributed by atoms with Gasteiger partial charge in [-0.05, 0) is 32.1 Å². The molecule has 4 fully saturated rings. The van der Waals surface area contributed by atoms with E-state index in [0.29, 0.717) is 18.8 Å². The van der Waals surface area contributed by atoms with E-state index < -0.39 is 29.0 Å². The number of hydrogen-bond donors (Lipinski definition) is 0. The highest BCUT2D eigenvalue weighted by Crippen LogP contribution is 2.51. The predicted molar refractivity (Wildman–Crippen MR) is 78.1 cm³/mol. The number of hydrogen-bond acceptors (Lipinski definition) is 6. The molecule has 5 unspecified atom stereocenters. The van der Waals surface area contributed by atoms with E-state index in [0.717, 1.165) is 19.3 Å². The van der Waals surface area contributed by atoms with Crippen molar-refractivity contribution in [2.24, 2.45) is 11.8 Å². The monoisotopic (exact) mass is 374 g/mol. The van der Waals surface area contributed by atoms with Gasteiger partial charge in [0, 0.05) is 12.8 Å². The lowest BCUT2D eigenvalue weighted by atomic mass is 9.65. The van der Waals surface area contributed by atoms with Gasteiger partial charge < -0.3 is 14.2 Å². The van der Waals surface area contributed by atoms with Crippen LogP contribution in [0.15, 0.2) is 0 Å². The Morgan fingerprint density at radius 3 is 2.86 bits per heavy atom. The number of fused-ring (bicyclic) bond motifs is 1. The highest BCUT2D eigenvalue weighted by atomic mass is 79.9. The molecule has 0 aromatic heterocycles. The third kappa shape index (κ3) is 3.14.